The minimum atomic E-state index is -0.132. The fraction of sp³-hybridized carbons (Fsp3) is 0.818. The first-order chi connectivity index (χ1) is 7.76. The highest BCUT2D eigenvalue weighted by molar-refractivity contribution is 5.77. The van der Waals surface area contributed by atoms with Crippen LogP contribution in [0.15, 0.2) is 0 Å². The van der Waals surface area contributed by atoms with E-state index in [1.165, 1.54) is 0 Å². The Labute approximate surface area is 96.2 Å². The topological polar surface area (TPSA) is 74.2 Å². The molecule has 0 aromatic carbocycles. The lowest BCUT2D eigenvalue weighted by Crippen LogP contribution is -2.39. The summed E-state index contributed by atoms with van der Waals surface area (Å²) in [5.41, 5.74) is 0. The summed E-state index contributed by atoms with van der Waals surface area (Å²) < 4.78 is 5.42. The lowest BCUT2D eigenvalue weighted by Gasteiger charge is -2.34. The smallest absolute Gasteiger partial charge is 0.246 e. The molecule has 1 rings (SSSR count). The number of nitrogens with zero attached hydrogens (tertiary/aromatic N) is 1. The van der Waals surface area contributed by atoms with E-state index < -0.39 is 0 Å². The van der Waals surface area contributed by atoms with E-state index >= 15 is 0 Å². The predicted octanol–water partition coefficient (Wildman–Crippen LogP) is 0.0309. The van der Waals surface area contributed by atoms with Crippen molar-refractivity contribution in [1.29, 1.82) is 5.26 Å². The van der Waals surface area contributed by atoms with Crippen LogP contribution in [0.3, 0.4) is 0 Å². The molecule has 0 bridgehead atoms. The van der Waals surface area contributed by atoms with Crippen molar-refractivity contribution in [2.24, 2.45) is 5.92 Å². The van der Waals surface area contributed by atoms with Crippen molar-refractivity contribution in [3.05, 3.63) is 0 Å². The first kappa shape index (κ1) is 12.9. The zero-order valence-electron chi connectivity index (χ0n) is 9.66. The van der Waals surface area contributed by atoms with Crippen molar-refractivity contribution in [1.82, 2.24) is 10.6 Å². The summed E-state index contributed by atoms with van der Waals surface area (Å²) in [7, 11) is 1.94. The van der Waals surface area contributed by atoms with Crippen molar-refractivity contribution in [2.45, 2.75) is 25.4 Å². The van der Waals surface area contributed by atoms with Crippen LogP contribution in [0.5, 0.6) is 0 Å². The van der Waals surface area contributed by atoms with Crippen LogP contribution in [-0.4, -0.2) is 38.8 Å². The molecule has 0 atom stereocenters. The molecule has 0 radical (unpaired) electrons. The molecular formula is C11H19N3O2. The Hall–Kier alpha value is -1.12. The maximum atomic E-state index is 11.2. The first-order valence-corrected chi connectivity index (χ1v) is 5.66. The van der Waals surface area contributed by atoms with Gasteiger partial charge in [0.25, 0.3) is 0 Å². The van der Waals surface area contributed by atoms with Crippen molar-refractivity contribution in [2.75, 3.05) is 26.7 Å². The summed E-state index contributed by atoms with van der Waals surface area (Å²) >= 11 is 0. The number of rotatable bonds is 7. The monoisotopic (exact) mass is 225 g/mol. The maximum Gasteiger partial charge on any atom is 0.246 e. The number of carbonyl (C=O) groups excluding carboxylic acids is 1. The van der Waals surface area contributed by atoms with Crippen molar-refractivity contribution >= 4 is 5.91 Å². The largest absolute Gasteiger partial charge is 0.368 e. The van der Waals surface area contributed by atoms with Gasteiger partial charge in [0.05, 0.1) is 18.6 Å². The van der Waals surface area contributed by atoms with E-state index in [4.69, 9.17) is 10.00 Å². The SMILES string of the molecule is CNCC1CC(OCC(=O)NCCC#N)C1. The first-order valence-electron chi connectivity index (χ1n) is 5.66. The fourth-order valence-electron chi connectivity index (χ4n) is 1.77. The van der Waals surface area contributed by atoms with Gasteiger partial charge < -0.3 is 15.4 Å². The Morgan fingerprint density at radius 3 is 2.94 bits per heavy atom. The van der Waals surface area contributed by atoms with E-state index in [9.17, 15) is 4.79 Å². The minimum Gasteiger partial charge on any atom is -0.368 e. The van der Waals surface area contributed by atoms with E-state index in [-0.39, 0.29) is 18.6 Å². The molecule has 0 aromatic rings. The third kappa shape index (κ3) is 4.60. The molecule has 1 saturated carbocycles. The molecule has 0 spiro atoms. The summed E-state index contributed by atoms with van der Waals surface area (Å²) in [4.78, 5) is 11.2. The van der Waals surface area contributed by atoms with E-state index in [0.717, 1.165) is 19.4 Å². The molecule has 2 N–H and O–H groups in total. The highest BCUT2D eigenvalue weighted by Crippen LogP contribution is 2.29. The van der Waals surface area contributed by atoms with Gasteiger partial charge in [-0.3, -0.25) is 4.79 Å². The quantitative estimate of drug-likeness (QED) is 0.599. The molecule has 0 unspecified atom stereocenters. The fourth-order valence-corrected chi connectivity index (χ4v) is 1.77. The number of nitriles is 1. The molecule has 1 amide bonds. The number of carbonyl (C=O) groups is 1. The van der Waals surface area contributed by atoms with Crippen LogP contribution >= 0.6 is 0 Å². The third-order valence-corrected chi connectivity index (χ3v) is 2.69. The Balaban J connectivity index is 1.96. The van der Waals surface area contributed by atoms with Gasteiger partial charge in [-0.15, -0.1) is 0 Å². The van der Waals surface area contributed by atoms with Crippen molar-refractivity contribution in [3.63, 3.8) is 0 Å². The van der Waals surface area contributed by atoms with Gasteiger partial charge in [0, 0.05) is 6.54 Å². The van der Waals surface area contributed by atoms with Gasteiger partial charge in [-0.2, -0.15) is 5.26 Å². The molecule has 5 nitrogen and oxygen atoms in total. The Bertz CT molecular complexity index is 256. The van der Waals surface area contributed by atoms with Crippen LogP contribution < -0.4 is 10.6 Å². The van der Waals surface area contributed by atoms with Crippen molar-refractivity contribution in [3.8, 4) is 6.07 Å². The molecular weight excluding hydrogens is 206 g/mol. The molecule has 1 fully saturated rings. The predicted molar refractivity (Wildman–Crippen MR) is 59.6 cm³/mol. The van der Waals surface area contributed by atoms with E-state index in [1.807, 2.05) is 13.1 Å². The Morgan fingerprint density at radius 2 is 2.31 bits per heavy atom. The second kappa shape index (κ2) is 7.20. The summed E-state index contributed by atoms with van der Waals surface area (Å²) in [6.07, 6.45) is 2.65. The lowest BCUT2D eigenvalue weighted by molar-refractivity contribution is -0.130. The highest BCUT2D eigenvalue weighted by atomic mass is 16.5. The van der Waals surface area contributed by atoms with E-state index in [1.54, 1.807) is 0 Å². The van der Waals surface area contributed by atoms with Gasteiger partial charge in [-0.05, 0) is 32.4 Å². The summed E-state index contributed by atoms with van der Waals surface area (Å²) in [6.45, 7) is 1.54. The molecule has 16 heavy (non-hydrogen) atoms. The molecule has 0 aromatic heterocycles. The zero-order chi connectivity index (χ0) is 11.8. The number of hydrogen-bond donors (Lipinski definition) is 2. The molecule has 1 aliphatic rings. The average molecular weight is 225 g/mol. The summed E-state index contributed by atoms with van der Waals surface area (Å²) in [5.74, 6) is 0.559. The van der Waals surface area contributed by atoms with Crippen LogP contribution in [0.2, 0.25) is 0 Å². The Morgan fingerprint density at radius 1 is 1.56 bits per heavy atom. The maximum absolute atomic E-state index is 11.2. The van der Waals surface area contributed by atoms with Crippen LogP contribution in [-0.2, 0) is 9.53 Å². The lowest BCUT2D eigenvalue weighted by atomic mass is 9.82. The summed E-state index contributed by atoms with van der Waals surface area (Å²) in [5, 5.41) is 14.0. The molecule has 0 saturated heterocycles. The number of amides is 1. The third-order valence-electron chi connectivity index (χ3n) is 2.69. The number of nitrogens with one attached hydrogen (secondary N) is 2. The second-order valence-corrected chi connectivity index (χ2v) is 4.09. The zero-order valence-corrected chi connectivity index (χ0v) is 9.66. The van der Waals surface area contributed by atoms with Crippen LogP contribution in [0.4, 0.5) is 0 Å². The van der Waals surface area contributed by atoms with E-state index in [0.29, 0.717) is 18.9 Å². The van der Waals surface area contributed by atoms with Crippen LogP contribution in [0.25, 0.3) is 0 Å². The standard InChI is InChI=1S/C11H19N3O2/c1-13-7-9-5-10(6-9)16-8-11(15)14-4-2-3-12/h9-10,13H,2,4-8H2,1H3,(H,14,15). The van der Waals surface area contributed by atoms with Gasteiger partial charge in [-0.1, -0.05) is 0 Å². The number of ether oxygens (including phenoxy) is 1. The van der Waals surface area contributed by atoms with Crippen LogP contribution in [0, 0.1) is 17.2 Å². The minimum absolute atomic E-state index is 0.113. The summed E-state index contributed by atoms with van der Waals surface area (Å²) in [6, 6.07) is 1.97. The van der Waals surface area contributed by atoms with Gasteiger partial charge in [0.1, 0.15) is 6.61 Å². The van der Waals surface area contributed by atoms with Crippen molar-refractivity contribution < 1.29 is 9.53 Å². The second-order valence-electron chi connectivity index (χ2n) is 4.09. The van der Waals surface area contributed by atoms with Gasteiger partial charge >= 0.3 is 0 Å². The van der Waals surface area contributed by atoms with Gasteiger partial charge in [-0.25, -0.2) is 0 Å². The normalized spacial score (nSPS) is 23.2. The van der Waals surface area contributed by atoms with E-state index in [2.05, 4.69) is 10.6 Å². The molecule has 90 valence electrons. The highest BCUT2D eigenvalue weighted by Gasteiger charge is 2.29. The van der Waals surface area contributed by atoms with Gasteiger partial charge in [0.2, 0.25) is 5.91 Å². The number of hydrogen-bond acceptors (Lipinski definition) is 4. The molecule has 0 heterocycles. The van der Waals surface area contributed by atoms with Crippen LogP contribution in [0.1, 0.15) is 19.3 Å². The molecule has 0 aliphatic heterocycles. The molecule has 5 heteroatoms. The average Bonchev–Trinajstić information content (AvgIpc) is 2.21. The Kier molecular flexibility index (Phi) is 5.83. The molecule has 1 aliphatic carbocycles. The van der Waals surface area contributed by atoms with Gasteiger partial charge in [0.15, 0.2) is 0 Å².